The topological polar surface area (TPSA) is 29.9 Å². The van der Waals surface area contributed by atoms with Crippen molar-refractivity contribution in [1.29, 1.82) is 0 Å². The summed E-state index contributed by atoms with van der Waals surface area (Å²) in [6.07, 6.45) is 10.2. The van der Waals surface area contributed by atoms with Crippen molar-refractivity contribution in [2.24, 2.45) is 0 Å². The second-order valence-corrected chi connectivity index (χ2v) is 5.88. The monoisotopic (exact) mass is 249 g/mol. The minimum absolute atomic E-state index is 0.533. The molecule has 0 spiro atoms. The molecule has 1 N–H and O–H groups in total. The van der Waals surface area contributed by atoms with Crippen LogP contribution >= 0.6 is 0 Å². The standard InChI is InChI=1S/C15H27N3/c1-12(2)16-10-14-11-17-18(13(14)3)15-8-6-4-5-7-9-15/h11-12,15-16H,4-10H2,1-3H3. The quantitative estimate of drug-likeness (QED) is 0.827. The van der Waals surface area contributed by atoms with Crippen LogP contribution in [0, 0.1) is 6.92 Å². The fourth-order valence-electron chi connectivity index (χ4n) is 2.82. The molecule has 3 nitrogen and oxygen atoms in total. The lowest BCUT2D eigenvalue weighted by molar-refractivity contribution is 0.397. The maximum atomic E-state index is 4.64. The van der Waals surface area contributed by atoms with Crippen LogP contribution in [-0.2, 0) is 6.54 Å². The van der Waals surface area contributed by atoms with Gasteiger partial charge in [-0.05, 0) is 19.8 Å². The van der Waals surface area contributed by atoms with Gasteiger partial charge in [0.05, 0.1) is 12.2 Å². The second kappa shape index (κ2) is 6.37. The molecule has 0 amide bonds. The van der Waals surface area contributed by atoms with Gasteiger partial charge in [0.1, 0.15) is 0 Å². The average Bonchev–Trinajstić information content (AvgIpc) is 2.56. The third-order valence-electron chi connectivity index (χ3n) is 4.02. The lowest BCUT2D eigenvalue weighted by atomic mass is 10.1. The predicted octanol–water partition coefficient (Wildman–Crippen LogP) is 3.58. The minimum atomic E-state index is 0.533. The largest absolute Gasteiger partial charge is 0.310 e. The zero-order valence-corrected chi connectivity index (χ0v) is 12.1. The van der Waals surface area contributed by atoms with Gasteiger partial charge in [0, 0.05) is 23.8 Å². The van der Waals surface area contributed by atoms with Crippen LogP contribution in [0.2, 0.25) is 0 Å². The molecule has 1 aliphatic rings. The third-order valence-corrected chi connectivity index (χ3v) is 4.02. The Morgan fingerprint density at radius 3 is 2.56 bits per heavy atom. The van der Waals surface area contributed by atoms with Crippen LogP contribution in [0.5, 0.6) is 0 Å². The first-order valence-electron chi connectivity index (χ1n) is 7.45. The summed E-state index contributed by atoms with van der Waals surface area (Å²) in [6.45, 7) is 7.53. The van der Waals surface area contributed by atoms with Crippen molar-refractivity contribution in [1.82, 2.24) is 15.1 Å². The SMILES string of the molecule is Cc1c(CNC(C)C)cnn1C1CCCCCC1. The van der Waals surface area contributed by atoms with Gasteiger partial charge < -0.3 is 5.32 Å². The van der Waals surface area contributed by atoms with Gasteiger partial charge >= 0.3 is 0 Å². The third kappa shape index (κ3) is 3.35. The molecule has 2 rings (SSSR count). The summed E-state index contributed by atoms with van der Waals surface area (Å²) in [5.74, 6) is 0. The number of nitrogens with zero attached hydrogens (tertiary/aromatic N) is 2. The second-order valence-electron chi connectivity index (χ2n) is 5.88. The number of nitrogens with one attached hydrogen (secondary N) is 1. The van der Waals surface area contributed by atoms with Crippen LogP contribution in [0.15, 0.2) is 6.20 Å². The van der Waals surface area contributed by atoms with Gasteiger partial charge in [0.2, 0.25) is 0 Å². The molecule has 0 bridgehead atoms. The van der Waals surface area contributed by atoms with E-state index in [0.717, 1.165) is 6.54 Å². The van der Waals surface area contributed by atoms with E-state index in [-0.39, 0.29) is 0 Å². The molecule has 1 aliphatic carbocycles. The number of aromatic nitrogens is 2. The zero-order valence-electron chi connectivity index (χ0n) is 12.1. The molecule has 0 unspecified atom stereocenters. The van der Waals surface area contributed by atoms with Crippen LogP contribution in [0.4, 0.5) is 0 Å². The fourth-order valence-corrected chi connectivity index (χ4v) is 2.82. The van der Waals surface area contributed by atoms with E-state index < -0.39 is 0 Å². The molecule has 0 saturated heterocycles. The van der Waals surface area contributed by atoms with E-state index in [1.54, 1.807) is 0 Å². The number of rotatable bonds is 4. The molecule has 0 aliphatic heterocycles. The smallest absolute Gasteiger partial charge is 0.0537 e. The predicted molar refractivity (Wildman–Crippen MR) is 75.7 cm³/mol. The van der Waals surface area contributed by atoms with E-state index in [2.05, 4.69) is 42.1 Å². The Hall–Kier alpha value is -0.830. The lowest BCUT2D eigenvalue weighted by Gasteiger charge is -2.17. The normalized spacial score (nSPS) is 18.2. The van der Waals surface area contributed by atoms with Crippen LogP contribution < -0.4 is 5.32 Å². The van der Waals surface area contributed by atoms with E-state index in [0.29, 0.717) is 12.1 Å². The van der Waals surface area contributed by atoms with Crippen LogP contribution in [-0.4, -0.2) is 15.8 Å². The van der Waals surface area contributed by atoms with Crippen molar-refractivity contribution in [3.05, 3.63) is 17.5 Å². The van der Waals surface area contributed by atoms with Gasteiger partial charge in [-0.3, -0.25) is 4.68 Å². The lowest BCUT2D eigenvalue weighted by Crippen LogP contribution is -2.22. The van der Waals surface area contributed by atoms with Gasteiger partial charge in [-0.15, -0.1) is 0 Å². The Bertz CT molecular complexity index is 360. The van der Waals surface area contributed by atoms with Gasteiger partial charge in [-0.25, -0.2) is 0 Å². The van der Waals surface area contributed by atoms with Crippen LogP contribution in [0.3, 0.4) is 0 Å². The molecule has 18 heavy (non-hydrogen) atoms. The fraction of sp³-hybridized carbons (Fsp3) is 0.800. The first-order valence-corrected chi connectivity index (χ1v) is 7.45. The Morgan fingerprint density at radius 2 is 1.94 bits per heavy atom. The van der Waals surface area contributed by atoms with Crippen molar-refractivity contribution in [3.8, 4) is 0 Å². The van der Waals surface area contributed by atoms with Crippen molar-refractivity contribution in [2.75, 3.05) is 0 Å². The molecule has 0 radical (unpaired) electrons. The summed E-state index contributed by atoms with van der Waals surface area (Å²) in [7, 11) is 0. The highest BCUT2D eigenvalue weighted by molar-refractivity contribution is 5.16. The zero-order chi connectivity index (χ0) is 13.0. The van der Waals surface area contributed by atoms with Gasteiger partial charge in [-0.2, -0.15) is 5.10 Å². The number of hydrogen-bond acceptors (Lipinski definition) is 2. The Balaban J connectivity index is 2.04. The number of hydrogen-bond donors (Lipinski definition) is 1. The summed E-state index contributed by atoms with van der Waals surface area (Å²) in [6, 6.07) is 1.17. The molecule has 3 heteroatoms. The first-order chi connectivity index (χ1) is 8.68. The average molecular weight is 249 g/mol. The van der Waals surface area contributed by atoms with E-state index in [1.807, 2.05) is 0 Å². The highest BCUT2D eigenvalue weighted by Crippen LogP contribution is 2.28. The summed E-state index contributed by atoms with van der Waals surface area (Å²) >= 11 is 0. The highest BCUT2D eigenvalue weighted by Gasteiger charge is 2.17. The Kier molecular flexibility index (Phi) is 4.81. The molecule has 0 aromatic carbocycles. The van der Waals surface area contributed by atoms with E-state index >= 15 is 0 Å². The van der Waals surface area contributed by atoms with Crippen molar-refractivity contribution < 1.29 is 0 Å². The summed E-state index contributed by atoms with van der Waals surface area (Å²) in [5.41, 5.74) is 2.71. The van der Waals surface area contributed by atoms with E-state index in [9.17, 15) is 0 Å². The van der Waals surface area contributed by atoms with Crippen molar-refractivity contribution in [3.63, 3.8) is 0 Å². The molecule has 1 heterocycles. The maximum Gasteiger partial charge on any atom is 0.0537 e. The van der Waals surface area contributed by atoms with Crippen LogP contribution in [0.1, 0.15) is 69.7 Å². The molecular formula is C15H27N3. The summed E-state index contributed by atoms with van der Waals surface area (Å²) in [4.78, 5) is 0. The molecule has 1 saturated carbocycles. The molecule has 0 atom stereocenters. The van der Waals surface area contributed by atoms with Crippen molar-refractivity contribution in [2.45, 2.75) is 77.9 Å². The molecular weight excluding hydrogens is 222 g/mol. The van der Waals surface area contributed by atoms with E-state index in [4.69, 9.17) is 0 Å². The molecule has 1 aromatic heterocycles. The Morgan fingerprint density at radius 1 is 1.28 bits per heavy atom. The van der Waals surface area contributed by atoms with E-state index in [1.165, 1.54) is 49.8 Å². The van der Waals surface area contributed by atoms with Crippen LogP contribution in [0.25, 0.3) is 0 Å². The molecule has 102 valence electrons. The van der Waals surface area contributed by atoms with Gasteiger partial charge in [0.15, 0.2) is 0 Å². The maximum absolute atomic E-state index is 4.64. The van der Waals surface area contributed by atoms with Gasteiger partial charge in [0.25, 0.3) is 0 Å². The first kappa shape index (κ1) is 13.6. The molecule has 1 fully saturated rings. The Labute approximate surface area is 111 Å². The molecule has 1 aromatic rings. The van der Waals surface area contributed by atoms with Gasteiger partial charge in [-0.1, -0.05) is 39.5 Å². The summed E-state index contributed by atoms with van der Waals surface area (Å²) in [5, 5.41) is 8.11. The summed E-state index contributed by atoms with van der Waals surface area (Å²) < 4.78 is 2.28. The minimum Gasteiger partial charge on any atom is -0.310 e. The highest BCUT2D eigenvalue weighted by atomic mass is 15.3. The van der Waals surface area contributed by atoms with Crippen molar-refractivity contribution >= 4 is 0 Å².